The number of anilines is 1. The van der Waals surface area contributed by atoms with Gasteiger partial charge >= 0.3 is 0 Å². The molecule has 0 unspecified atom stereocenters. The van der Waals surface area contributed by atoms with Crippen molar-refractivity contribution in [3.05, 3.63) is 65.7 Å². The molecule has 0 saturated carbocycles. The number of hydrogen-bond acceptors (Lipinski definition) is 3. The maximum absolute atomic E-state index is 11.5. The summed E-state index contributed by atoms with van der Waals surface area (Å²) in [6.07, 6.45) is 1.16. The third-order valence-corrected chi connectivity index (χ3v) is 4.66. The van der Waals surface area contributed by atoms with Crippen LogP contribution < -0.4 is 15.4 Å². The van der Waals surface area contributed by atoms with Crippen LogP contribution in [0.1, 0.15) is 25.0 Å². The first-order valence-electron chi connectivity index (χ1n) is 8.78. The second kappa shape index (κ2) is 9.01. The number of aryl methyl sites for hydroxylation is 1. The van der Waals surface area contributed by atoms with E-state index in [4.69, 9.17) is 0 Å². The highest BCUT2D eigenvalue weighted by Gasteiger charge is 2.22. The molecule has 0 bridgehead atoms. The fraction of sp³-hybridized carbons (Fsp3) is 0.350. The molecule has 0 radical (unpaired) electrons. The Kier molecular flexibility index (Phi) is 6.98. The molecule has 27 heavy (non-hydrogen) atoms. The molecule has 0 saturated heterocycles. The second-order valence-corrected chi connectivity index (χ2v) is 9.00. The Morgan fingerprint density at radius 2 is 1.67 bits per heavy atom. The highest BCUT2D eigenvalue weighted by Crippen LogP contribution is 2.08. The van der Waals surface area contributed by atoms with Crippen molar-refractivity contribution in [3.8, 4) is 0 Å². The summed E-state index contributed by atoms with van der Waals surface area (Å²) in [5, 5.41) is 6.48. The van der Waals surface area contributed by atoms with E-state index in [2.05, 4.69) is 32.5 Å². The number of benzene rings is 2. The molecule has 0 atom stereocenters. The van der Waals surface area contributed by atoms with E-state index >= 15 is 0 Å². The molecule has 0 amide bonds. The summed E-state index contributed by atoms with van der Waals surface area (Å²) in [7, 11) is -3.30. The maximum atomic E-state index is 11.5. The van der Waals surface area contributed by atoms with Gasteiger partial charge in [-0.3, -0.25) is 0 Å². The molecule has 2 aromatic rings. The van der Waals surface area contributed by atoms with Gasteiger partial charge < -0.3 is 10.6 Å². The summed E-state index contributed by atoms with van der Waals surface area (Å²) in [6, 6.07) is 17.9. The van der Waals surface area contributed by atoms with E-state index in [0.29, 0.717) is 19.0 Å². The molecule has 146 valence electrons. The first kappa shape index (κ1) is 20.9. The maximum Gasteiger partial charge on any atom is 0.209 e. The topological polar surface area (TPSA) is 82.6 Å². The lowest BCUT2D eigenvalue weighted by Gasteiger charge is -2.26. The van der Waals surface area contributed by atoms with Crippen molar-refractivity contribution in [1.29, 1.82) is 0 Å². The average molecular weight is 389 g/mol. The zero-order valence-corrected chi connectivity index (χ0v) is 17.1. The molecule has 7 heteroatoms. The van der Waals surface area contributed by atoms with Crippen molar-refractivity contribution in [2.24, 2.45) is 4.99 Å². The highest BCUT2D eigenvalue weighted by atomic mass is 32.2. The SMILES string of the molecule is Cc1ccc(CN=C(NCC(C)(C)NS(C)(=O)=O)Nc2ccccc2)cc1. The predicted octanol–water partition coefficient (Wildman–Crippen LogP) is 2.88. The Hall–Kier alpha value is -2.38. The van der Waals surface area contributed by atoms with E-state index in [0.717, 1.165) is 17.5 Å². The molecule has 3 N–H and O–H groups in total. The van der Waals surface area contributed by atoms with E-state index in [9.17, 15) is 8.42 Å². The van der Waals surface area contributed by atoms with E-state index in [1.165, 1.54) is 5.56 Å². The van der Waals surface area contributed by atoms with Gasteiger partial charge in [0.25, 0.3) is 0 Å². The summed E-state index contributed by atoms with van der Waals surface area (Å²) < 4.78 is 25.7. The standard InChI is InChI=1S/C20H28N4O2S/c1-16-10-12-17(13-11-16)14-21-19(23-18-8-6-5-7-9-18)22-15-20(2,3)24-27(4,25)26/h5-13,24H,14-15H2,1-4H3,(H2,21,22,23). The number of rotatable bonds is 7. The molecular weight excluding hydrogens is 360 g/mol. The molecule has 0 spiro atoms. The molecular formula is C20H28N4O2S. The van der Waals surface area contributed by atoms with Crippen molar-refractivity contribution < 1.29 is 8.42 Å². The van der Waals surface area contributed by atoms with Gasteiger partial charge in [0.2, 0.25) is 10.0 Å². The molecule has 0 aliphatic carbocycles. The summed E-state index contributed by atoms with van der Waals surface area (Å²) >= 11 is 0. The monoisotopic (exact) mass is 388 g/mol. The molecule has 2 rings (SSSR count). The molecule has 6 nitrogen and oxygen atoms in total. The minimum atomic E-state index is -3.30. The van der Waals surface area contributed by atoms with E-state index < -0.39 is 15.6 Å². The van der Waals surface area contributed by atoms with Crippen LogP contribution in [0.2, 0.25) is 0 Å². The molecule has 0 fully saturated rings. The number of para-hydroxylation sites is 1. The summed E-state index contributed by atoms with van der Waals surface area (Å²) in [5.74, 6) is 0.588. The van der Waals surface area contributed by atoms with Crippen molar-refractivity contribution in [3.63, 3.8) is 0 Å². The van der Waals surface area contributed by atoms with Gasteiger partial charge in [-0.15, -0.1) is 0 Å². The van der Waals surface area contributed by atoms with E-state index in [1.54, 1.807) is 0 Å². The van der Waals surface area contributed by atoms with Crippen molar-refractivity contribution >= 4 is 21.7 Å². The van der Waals surface area contributed by atoms with Crippen LogP contribution in [0.15, 0.2) is 59.6 Å². The first-order chi connectivity index (χ1) is 12.6. The molecule has 0 aliphatic heterocycles. The number of guanidine groups is 1. The largest absolute Gasteiger partial charge is 0.354 e. The lowest BCUT2D eigenvalue weighted by Crippen LogP contribution is -2.52. The lowest BCUT2D eigenvalue weighted by atomic mass is 10.1. The van der Waals surface area contributed by atoms with Crippen LogP contribution in [0.5, 0.6) is 0 Å². The highest BCUT2D eigenvalue weighted by molar-refractivity contribution is 7.88. The minimum absolute atomic E-state index is 0.382. The number of sulfonamides is 1. The number of hydrogen-bond donors (Lipinski definition) is 3. The number of nitrogens with zero attached hydrogens (tertiary/aromatic N) is 1. The Bertz CT molecular complexity index is 861. The summed E-state index contributed by atoms with van der Waals surface area (Å²) in [5.41, 5.74) is 2.55. The van der Waals surface area contributed by atoms with Crippen LogP contribution in [0, 0.1) is 6.92 Å². The first-order valence-corrected chi connectivity index (χ1v) is 10.7. The van der Waals surface area contributed by atoms with Crippen LogP contribution in [0.4, 0.5) is 5.69 Å². The molecule has 2 aromatic carbocycles. The average Bonchev–Trinajstić information content (AvgIpc) is 2.57. The van der Waals surface area contributed by atoms with Gasteiger partial charge in [0.1, 0.15) is 0 Å². The summed E-state index contributed by atoms with van der Waals surface area (Å²) in [6.45, 7) is 6.59. The molecule has 0 aromatic heterocycles. The van der Waals surface area contributed by atoms with E-state index in [-0.39, 0.29) is 0 Å². The van der Waals surface area contributed by atoms with Crippen molar-refractivity contribution in [1.82, 2.24) is 10.0 Å². The van der Waals surface area contributed by atoms with Gasteiger partial charge in [-0.25, -0.2) is 18.1 Å². The Balaban J connectivity index is 2.11. The van der Waals surface area contributed by atoms with Crippen LogP contribution in [0.25, 0.3) is 0 Å². The van der Waals surface area contributed by atoms with Crippen molar-refractivity contribution in [2.75, 3.05) is 18.1 Å². The van der Waals surface area contributed by atoms with Gasteiger partial charge in [-0.1, -0.05) is 48.0 Å². The normalized spacial score (nSPS) is 12.7. The minimum Gasteiger partial charge on any atom is -0.354 e. The Labute approximate surface area is 162 Å². The smallest absolute Gasteiger partial charge is 0.209 e. The molecule has 0 aliphatic rings. The van der Waals surface area contributed by atoms with Crippen LogP contribution >= 0.6 is 0 Å². The lowest BCUT2D eigenvalue weighted by molar-refractivity contribution is 0.448. The summed E-state index contributed by atoms with van der Waals surface area (Å²) in [4.78, 5) is 4.64. The quantitative estimate of drug-likeness (QED) is 0.503. The Morgan fingerprint density at radius 3 is 2.26 bits per heavy atom. The van der Waals surface area contributed by atoms with Gasteiger partial charge in [0.15, 0.2) is 5.96 Å². The van der Waals surface area contributed by atoms with Crippen LogP contribution in [-0.2, 0) is 16.6 Å². The van der Waals surface area contributed by atoms with Crippen LogP contribution in [0.3, 0.4) is 0 Å². The van der Waals surface area contributed by atoms with Gasteiger partial charge in [-0.05, 0) is 38.5 Å². The number of nitrogens with one attached hydrogen (secondary N) is 3. The predicted molar refractivity (Wildman–Crippen MR) is 112 cm³/mol. The number of aliphatic imine (C=N–C) groups is 1. The van der Waals surface area contributed by atoms with Gasteiger partial charge in [0.05, 0.1) is 12.8 Å². The third kappa shape index (κ3) is 8.23. The Morgan fingerprint density at radius 1 is 1.04 bits per heavy atom. The van der Waals surface area contributed by atoms with E-state index in [1.807, 2.05) is 63.2 Å². The van der Waals surface area contributed by atoms with Gasteiger partial charge in [0, 0.05) is 17.8 Å². The third-order valence-electron chi connectivity index (χ3n) is 3.74. The van der Waals surface area contributed by atoms with Gasteiger partial charge in [-0.2, -0.15) is 0 Å². The zero-order valence-electron chi connectivity index (χ0n) is 16.3. The molecule has 0 heterocycles. The fourth-order valence-corrected chi connectivity index (χ4v) is 3.58. The fourth-order valence-electron chi connectivity index (χ4n) is 2.50. The van der Waals surface area contributed by atoms with Crippen LogP contribution in [-0.4, -0.2) is 32.7 Å². The van der Waals surface area contributed by atoms with Crippen molar-refractivity contribution in [2.45, 2.75) is 32.9 Å². The second-order valence-electron chi connectivity index (χ2n) is 7.25. The zero-order chi connectivity index (χ0) is 19.9.